The molecule has 0 spiro atoms. The van der Waals surface area contributed by atoms with Crippen LogP contribution in [0.5, 0.6) is 0 Å². The minimum Gasteiger partial charge on any atom is -0.339 e. The Bertz CT molecular complexity index is 492. The van der Waals surface area contributed by atoms with Gasteiger partial charge in [-0.15, -0.1) is 0 Å². The largest absolute Gasteiger partial charge is 0.416 e. The summed E-state index contributed by atoms with van der Waals surface area (Å²) < 4.78 is 38.7. The summed E-state index contributed by atoms with van der Waals surface area (Å²) in [5, 5.41) is 0. The summed E-state index contributed by atoms with van der Waals surface area (Å²) in [7, 11) is 1.59. The van der Waals surface area contributed by atoms with Crippen molar-refractivity contribution < 1.29 is 18.0 Å². The topological polar surface area (TPSA) is 20.3 Å². The Morgan fingerprint density at radius 3 is 2.05 bits per heavy atom. The molecule has 0 N–H and O–H groups in total. The summed E-state index contributed by atoms with van der Waals surface area (Å²) in [6.07, 6.45) is -4.45. The van der Waals surface area contributed by atoms with E-state index in [1.165, 1.54) is 4.90 Å². The van der Waals surface area contributed by atoms with Crippen molar-refractivity contribution in [2.75, 3.05) is 7.05 Å². The summed E-state index contributed by atoms with van der Waals surface area (Å²) in [6.45, 7) is 7.23. The lowest BCUT2D eigenvalue weighted by atomic mass is 9.97. The predicted octanol–water partition coefficient (Wildman–Crippen LogP) is 4.31. The summed E-state index contributed by atoms with van der Waals surface area (Å²) in [6, 6.07) is 3.50. The number of hydrogen-bond donors (Lipinski definition) is 0. The molecule has 20 heavy (non-hydrogen) atoms. The zero-order chi connectivity index (χ0) is 15.7. The second kappa shape index (κ2) is 5.85. The third-order valence-corrected chi connectivity index (χ3v) is 3.29. The van der Waals surface area contributed by atoms with Gasteiger partial charge in [-0.05, 0) is 43.5 Å². The van der Waals surface area contributed by atoms with Crippen molar-refractivity contribution in [1.82, 2.24) is 4.90 Å². The van der Waals surface area contributed by atoms with Crippen molar-refractivity contribution in [3.8, 4) is 0 Å². The standard InChI is InChI=1S/C15H20F3NO/c1-9(2)11-6-12(14(20)19(5)10(3)4)8-13(7-11)15(16,17)18/h6-10H,1-5H3. The molecular formula is C15H20F3NO. The zero-order valence-electron chi connectivity index (χ0n) is 12.4. The van der Waals surface area contributed by atoms with E-state index in [0.29, 0.717) is 5.56 Å². The van der Waals surface area contributed by atoms with Gasteiger partial charge in [0, 0.05) is 18.7 Å². The van der Waals surface area contributed by atoms with Gasteiger partial charge in [-0.1, -0.05) is 13.8 Å². The Kier molecular flexibility index (Phi) is 4.84. The number of nitrogens with zero attached hydrogens (tertiary/aromatic N) is 1. The van der Waals surface area contributed by atoms with Gasteiger partial charge < -0.3 is 4.90 Å². The molecule has 0 atom stereocenters. The Hall–Kier alpha value is -1.52. The Balaban J connectivity index is 3.33. The molecule has 0 aliphatic carbocycles. The van der Waals surface area contributed by atoms with E-state index in [2.05, 4.69) is 0 Å². The normalized spacial score (nSPS) is 12.1. The number of carbonyl (C=O) groups excluding carboxylic acids is 1. The number of hydrogen-bond acceptors (Lipinski definition) is 1. The van der Waals surface area contributed by atoms with Crippen molar-refractivity contribution in [2.45, 2.75) is 45.8 Å². The Morgan fingerprint density at radius 2 is 1.65 bits per heavy atom. The van der Waals surface area contributed by atoms with Crippen LogP contribution in [0, 0.1) is 0 Å². The molecule has 0 radical (unpaired) electrons. The molecule has 5 heteroatoms. The molecule has 0 aliphatic heterocycles. The first-order chi connectivity index (χ1) is 9.04. The maximum absolute atomic E-state index is 12.9. The van der Waals surface area contributed by atoms with Crippen LogP contribution in [-0.4, -0.2) is 23.9 Å². The third-order valence-electron chi connectivity index (χ3n) is 3.29. The molecule has 0 saturated carbocycles. The van der Waals surface area contributed by atoms with E-state index in [1.807, 2.05) is 13.8 Å². The average molecular weight is 287 g/mol. The highest BCUT2D eigenvalue weighted by Crippen LogP contribution is 2.32. The Morgan fingerprint density at radius 1 is 1.10 bits per heavy atom. The molecule has 0 fully saturated rings. The SMILES string of the molecule is CC(C)c1cc(C(=O)N(C)C(C)C)cc(C(F)(F)F)c1. The lowest BCUT2D eigenvalue weighted by molar-refractivity contribution is -0.137. The first-order valence-corrected chi connectivity index (χ1v) is 6.53. The summed E-state index contributed by atoms with van der Waals surface area (Å²) in [5.41, 5.74) is -0.177. The molecule has 1 aromatic rings. The molecule has 1 amide bonds. The molecule has 0 aromatic heterocycles. The molecule has 1 rings (SSSR count). The number of rotatable bonds is 3. The number of amides is 1. The van der Waals surface area contributed by atoms with Gasteiger partial charge >= 0.3 is 6.18 Å². The van der Waals surface area contributed by atoms with Crippen molar-refractivity contribution in [3.05, 3.63) is 34.9 Å². The van der Waals surface area contributed by atoms with Crippen LogP contribution in [0.15, 0.2) is 18.2 Å². The first-order valence-electron chi connectivity index (χ1n) is 6.53. The molecule has 1 aromatic carbocycles. The maximum atomic E-state index is 12.9. The highest BCUT2D eigenvalue weighted by molar-refractivity contribution is 5.94. The van der Waals surface area contributed by atoms with E-state index in [4.69, 9.17) is 0 Å². The van der Waals surface area contributed by atoms with Crippen molar-refractivity contribution in [2.24, 2.45) is 0 Å². The van der Waals surface area contributed by atoms with Crippen LogP contribution in [0.1, 0.15) is 55.1 Å². The minimum atomic E-state index is -4.45. The molecule has 2 nitrogen and oxygen atoms in total. The maximum Gasteiger partial charge on any atom is 0.416 e. The van der Waals surface area contributed by atoms with Gasteiger partial charge in [0.15, 0.2) is 0 Å². The molecule has 0 unspecified atom stereocenters. The number of benzene rings is 1. The van der Waals surface area contributed by atoms with Gasteiger partial charge in [-0.25, -0.2) is 0 Å². The van der Waals surface area contributed by atoms with E-state index in [1.54, 1.807) is 27.0 Å². The van der Waals surface area contributed by atoms with Crippen LogP contribution in [0.4, 0.5) is 13.2 Å². The van der Waals surface area contributed by atoms with Crippen LogP contribution in [0.2, 0.25) is 0 Å². The summed E-state index contributed by atoms with van der Waals surface area (Å²) in [5.74, 6) is -0.471. The van der Waals surface area contributed by atoms with Crippen LogP contribution in [0.25, 0.3) is 0 Å². The molecule has 0 saturated heterocycles. The quantitative estimate of drug-likeness (QED) is 0.811. The third kappa shape index (κ3) is 3.74. The van der Waals surface area contributed by atoms with Crippen LogP contribution in [-0.2, 0) is 6.18 Å². The zero-order valence-corrected chi connectivity index (χ0v) is 12.4. The van der Waals surface area contributed by atoms with E-state index in [9.17, 15) is 18.0 Å². The first kappa shape index (κ1) is 16.5. The summed E-state index contributed by atoms with van der Waals surface area (Å²) in [4.78, 5) is 13.6. The average Bonchev–Trinajstić information content (AvgIpc) is 2.35. The lowest BCUT2D eigenvalue weighted by Gasteiger charge is -2.22. The van der Waals surface area contributed by atoms with Crippen LogP contribution >= 0.6 is 0 Å². The second-order valence-corrected chi connectivity index (χ2v) is 5.51. The van der Waals surface area contributed by atoms with Crippen molar-refractivity contribution in [1.29, 1.82) is 0 Å². The fourth-order valence-corrected chi connectivity index (χ4v) is 1.71. The molecule has 0 heterocycles. The highest BCUT2D eigenvalue weighted by atomic mass is 19.4. The second-order valence-electron chi connectivity index (χ2n) is 5.51. The van der Waals surface area contributed by atoms with Gasteiger partial charge in [-0.2, -0.15) is 13.2 Å². The monoisotopic (exact) mass is 287 g/mol. The van der Waals surface area contributed by atoms with E-state index in [-0.39, 0.29) is 17.5 Å². The number of carbonyl (C=O) groups is 1. The minimum absolute atomic E-state index is 0.0699. The van der Waals surface area contributed by atoms with E-state index < -0.39 is 17.6 Å². The molecular weight excluding hydrogens is 267 g/mol. The van der Waals surface area contributed by atoms with E-state index >= 15 is 0 Å². The Labute approximate surface area is 117 Å². The summed E-state index contributed by atoms with van der Waals surface area (Å²) >= 11 is 0. The lowest BCUT2D eigenvalue weighted by Crippen LogP contribution is -2.33. The van der Waals surface area contributed by atoms with Gasteiger partial charge in [0.2, 0.25) is 0 Å². The fourth-order valence-electron chi connectivity index (χ4n) is 1.71. The smallest absolute Gasteiger partial charge is 0.339 e. The predicted molar refractivity (Wildman–Crippen MR) is 72.8 cm³/mol. The van der Waals surface area contributed by atoms with Gasteiger partial charge in [-0.3, -0.25) is 4.79 Å². The molecule has 0 bridgehead atoms. The van der Waals surface area contributed by atoms with E-state index in [0.717, 1.165) is 12.1 Å². The van der Waals surface area contributed by atoms with Gasteiger partial charge in [0.05, 0.1) is 5.56 Å². The number of alkyl halides is 3. The number of halogens is 3. The van der Waals surface area contributed by atoms with Crippen LogP contribution < -0.4 is 0 Å². The fraction of sp³-hybridized carbons (Fsp3) is 0.533. The van der Waals surface area contributed by atoms with Crippen LogP contribution in [0.3, 0.4) is 0 Å². The van der Waals surface area contributed by atoms with Crippen molar-refractivity contribution >= 4 is 5.91 Å². The van der Waals surface area contributed by atoms with Gasteiger partial charge in [0.1, 0.15) is 0 Å². The molecule has 0 aliphatic rings. The van der Waals surface area contributed by atoms with Crippen molar-refractivity contribution in [3.63, 3.8) is 0 Å². The van der Waals surface area contributed by atoms with Gasteiger partial charge in [0.25, 0.3) is 5.91 Å². The highest BCUT2D eigenvalue weighted by Gasteiger charge is 2.32. The molecule has 112 valence electrons.